The number of nitrogens with zero attached hydrogens (tertiary/aromatic N) is 1. The minimum atomic E-state index is -0.307. The number of ether oxygens (including phenoxy) is 3. The first-order chi connectivity index (χ1) is 8.70. The van der Waals surface area contributed by atoms with Crippen LogP contribution >= 0.6 is 0 Å². The molecule has 0 radical (unpaired) electrons. The van der Waals surface area contributed by atoms with Crippen molar-refractivity contribution in [2.24, 2.45) is 5.92 Å². The summed E-state index contributed by atoms with van der Waals surface area (Å²) in [5, 5.41) is 0. The molecule has 2 fully saturated rings. The predicted molar refractivity (Wildman–Crippen MR) is 61.9 cm³/mol. The SMILES string of the molecule is COC(=O)CC1CN(C(=O)C2CCOC2)CCO1. The van der Waals surface area contributed by atoms with Gasteiger partial charge in [0.25, 0.3) is 0 Å². The minimum absolute atomic E-state index is 0.0260. The lowest BCUT2D eigenvalue weighted by atomic mass is 10.1. The standard InChI is InChI=1S/C12H19NO5/c1-16-11(14)6-10-7-13(3-5-18-10)12(15)9-2-4-17-8-9/h9-10H,2-8H2,1H3. The molecule has 0 aliphatic carbocycles. The number of carbonyl (C=O) groups excluding carboxylic acids is 2. The summed E-state index contributed by atoms with van der Waals surface area (Å²) < 4.78 is 15.3. The molecule has 2 atom stereocenters. The first kappa shape index (κ1) is 13.3. The second kappa shape index (κ2) is 6.15. The second-order valence-electron chi connectivity index (χ2n) is 4.62. The van der Waals surface area contributed by atoms with E-state index in [9.17, 15) is 9.59 Å². The van der Waals surface area contributed by atoms with Crippen molar-refractivity contribution in [3.8, 4) is 0 Å². The Labute approximate surface area is 106 Å². The maximum atomic E-state index is 12.2. The average molecular weight is 257 g/mol. The fraction of sp³-hybridized carbons (Fsp3) is 0.833. The van der Waals surface area contributed by atoms with Crippen LogP contribution in [-0.4, -0.2) is 62.9 Å². The maximum absolute atomic E-state index is 12.2. The lowest BCUT2D eigenvalue weighted by Gasteiger charge is -2.33. The minimum Gasteiger partial charge on any atom is -0.469 e. The highest BCUT2D eigenvalue weighted by Crippen LogP contribution is 2.18. The van der Waals surface area contributed by atoms with Gasteiger partial charge in [0, 0.05) is 19.7 Å². The summed E-state index contributed by atoms with van der Waals surface area (Å²) in [6, 6.07) is 0. The largest absolute Gasteiger partial charge is 0.469 e. The van der Waals surface area contributed by atoms with Gasteiger partial charge in [0.05, 0.1) is 38.8 Å². The molecule has 0 N–H and O–H groups in total. The fourth-order valence-corrected chi connectivity index (χ4v) is 2.30. The highest BCUT2D eigenvalue weighted by atomic mass is 16.5. The molecule has 6 heteroatoms. The third kappa shape index (κ3) is 3.20. The zero-order valence-electron chi connectivity index (χ0n) is 10.6. The van der Waals surface area contributed by atoms with Crippen LogP contribution < -0.4 is 0 Å². The summed E-state index contributed by atoms with van der Waals surface area (Å²) in [7, 11) is 1.35. The summed E-state index contributed by atoms with van der Waals surface area (Å²) >= 11 is 0. The van der Waals surface area contributed by atoms with Crippen molar-refractivity contribution in [1.29, 1.82) is 0 Å². The van der Waals surface area contributed by atoms with Gasteiger partial charge in [-0.05, 0) is 6.42 Å². The summed E-state index contributed by atoms with van der Waals surface area (Å²) in [6.45, 7) is 2.70. The lowest BCUT2D eigenvalue weighted by molar-refractivity contribution is -0.151. The first-order valence-corrected chi connectivity index (χ1v) is 6.25. The van der Waals surface area contributed by atoms with Gasteiger partial charge in [-0.15, -0.1) is 0 Å². The molecular weight excluding hydrogens is 238 g/mol. The molecule has 2 saturated heterocycles. The van der Waals surface area contributed by atoms with Crippen LogP contribution in [0.2, 0.25) is 0 Å². The van der Waals surface area contributed by atoms with Gasteiger partial charge in [0.2, 0.25) is 5.91 Å². The van der Waals surface area contributed by atoms with Crippen molar-refractivity contribution in [2.45, 2.75) is 18.9 Å². The maximum Gasteiger partial charge on any atom is 0.308 e. The normalized spacial score (nSPS) is 28.2. The molecular formula is C12H19NO5. The van der Waals surface area contributed by atoms with Gasteiger partial charge >= 0.3 is 5.97 Å². The highest BCUT2D eigenvalue weighted by molar-refractivity contribution is 5.79. The average Bonchev–Trinajstić information content (AvgIpc) is 2.92. The topological polar surface area (TPSA) is 65.1 Å². The quantitative estimate of drug-likeness (QED) is 0.656. The van der Waals surface area contributed by atoms with Gasteiger partial charge in [0.15, 0.2) is 0 Å². The van der Waals surface area contributed by atoms with Crippen molar-refractivity contribution < 1.29 is 23.8 Å². The number of morpholine rings is 1. The number of esters is 1. The molecule has 0 bridgehead atoms. The van der Waals surface area contributed by atoms with Crippen LogP contribution in [0.25, 0.3) is 0 Å². The zero-order chi connectivity index (χ0) is 13.0. The van der Waals surface area contributed by atoms with Gasteiger partial charge in [-0.3, -0.25) is 9.59 Å². The molecule has 0 aromatic rings. The lowest BCUT2D eigenvalue weighted by Crippen LogP contribution is -2.48. The molecule has 6 nitrogen and oxygen atoms in total. The number of carbonyl (C=O) groups is 2. The Balaban J connectivity index is 1.85. The first-order valence-electron chi connectivity index (χ1n) is 6.25. The smallest absolute Gasteiger partial charge is 0.308 e. The Morgan fingerprint density at radius 2 is 2.22 bits per heavy atom. The Kier molecular flexibility index (Phi) is 4.54. The van der Waals surface area contributed by atoms with Crippen LogP contribution in [0, 0.1) is 5.92 Å². The monoisotopic (exact) mass is 257 g/mol. The van der Waals surface area contributed by atoms with Gasteiger partial charge in [-0.1, -0.05) is 0 Å². The predicted octanol–water partition coefficient (Wildman–Crippen LogP) is -0.187. The van der Waals surface area contributed by atoms with E-state index in [0.29, 0.717) is 32.9 Å². The molecule has 2 aliphatic rings. The van der Waals surface area contributed by atoms with Crippen LogP contribution in [0.4, 0.5) is 0 Å². The van der Waals surface area contributed by atoms with Gasteiger partial charge in [-0.2, -0.15) is 0 Å². The van der Waals surface area contributed by atoms with E-state index >= 15 is 0 Å². The molecule has 1 amide bonds. The van der Waals surface area contributed by atoms with E-state index in [1.807, 2.05) is 0 Å². The third-order valence-corrected chi connectivity index (χ3v) is 3.35. The van der Waals surface area contributed by atoms with Crippen LogP contribution in [-0.2, 0) is 23.8 Å². The Hall–Kier alpha value is -1.14. The van der Waals surface area contributed by atoms with Crippen molar-refractivity contribution in [2.75, 3.05) is 40.0 Å². The van der Waals surface area contributed by atoms with E-state index in [4.69, 9.17) is 9.47 Å². The zero-order valence-corrected chi connectivity index (χ0v) is 10.6. The molecule has 0 aromatic heterocycles. The highest BCUT2D eigenvalue weighted by Gasteiger charge is 2.32. The summed E-state index contributed by atoms with van der Waals surface area (Å²) in [5.74, 6) is -0.217. The molecule has 102 valence electrons. The molecule has 18 heavy (non-hydrogen) atoms. The van der Waals surface area contributed by atoms with E-state index in [-0.39, 0.29) is 30.3 Å². The number of methoxy groups -OCH3 is 1. The van der Waals surface area contributed by atoms with Crippen LogP contribution in [0.1, 0.15) is 12.8 Å². The second-order valence-corrected chi connectivity index (χ2v) is 4.62. The van der Waals surface area contributed by atoms with Crippen LogP contribution in [0.15, 0.2) is 0 Å². The summed E-state index contributed by atoms with van der Waals surface area (Å²) in [5.41, 5.74) is 0. The van der Waals surface area contributed by atoms with E-state index in [0.717, 1.165) is 6.42 Å². The van der Waals surface area contributed by atoms with Gasteiger partial charge in [0.1, 0.15) is 0 Å². The Morgan fingerprint density at radius 3 is 2.89 bits per heavy atom. The molecule has 0 aromatic carbocycles. The van der Waals surface area contributed by atoms with Crippen molar-refractivity contribution >= 4 is 11.9 Å². The van der Waals surface area contributed by atoms with Crippen molar-refractivity contribution in [1.82, 2.24) is 4.90 Å². The van der Waals surface area contributed by atoms with E-state index in [1.165, 1.54) is 7.11 Å². The van der Waals surface area contributed by atoms with Crippen molar-refractivity contribution in [3.63, 3.8) is 0 Å². The van der Waals surface area contributed by atoms with Crippen molar-refractivity contribution in [3.05, 3.63) is 0 Å². The van der Waals surface area contributed by atoms with E-state index in [1.54, 1.807) is 4.90 Å². The molecule has 0 saturated carbocycles. The van der Waals surface area contributed by atoms with Crippen LogP contribution in [0.5, 0.6) is 0 Å². The number of amides is 1. The number of hydrogen-bond acceptors (Lipinski definition) is 5. The molecule has 2 rings (SSSR count). The Bertz CT molecular complexity index is 314. The molecule has 0 spiro atoms. The fourth-order valence-electron chi connectivity index (χ4n) is 2.30. The Morgan fingerprint density at radius 1 is 1.39 bits per heavy atom. The summed E-state index contributed by atoms with van der Waals surface area (Å²) in [4.78, 5) is 25.1. The van der Waals surface area contributed by atoms with Gasteiger partial charge < -0.3 is 19.1 Å². The number of hydrogen-bond donors (Lipinski definition) is 0. The van der Waals surface area contributed by atoms with E-state index < -0.39 is 0 Å². The molecule has 2 unspecified atom stereocenters. The van der Waals surface area contributed by atoms with E-state index in [2.05, 4.69) is 4.74 Å². The summed E-state index contributed by atoms with van der Waals surface area (Å²) in [6.07, 6.45) is 0.733. The number of rotatable bonds is 3. The molecule has 2 aliphatic heterocycles. The van der Waals surface area contributed by atoms with Gasteiger partial charge in [-0.25, -0.2) is 0 Å². The van der Waals surface area contributed by atoms with Crippen LogP contribution in [0.3, 0.4) is 0 Å². The molecule has 2 heterocycles. The third-order valence-electron chi connectivity index (χ3n) is 3.35.